The van der Waals surface area contributed by atoms with Crippen LogP contribution in [0.1, 0.15) is 35.2 Å². The molecule has 1 aromatic carbocycles. The fraction of sp³-hybridized carbons (Fsp3) is 0.533. The van der Waals surface area contributed by atoms with Gasteiger partial charge in [0, 0.05) is 19.7 Å². The van der Waals surface area contributed by atoms with Gasteiger partial charge in [-0.25, -0.2) is 4.79 Å². The van der Waals surface area contributed by atoms with Crippen LogP contribution in [0.2, 0.25) is 0 Å². The van der Waals surface area contributed by atoms with Crippen molar-refractivity contribution in [2.45, 2.75) is 31.8 Å². The number of benzene rings is 1. The van der Waals surface area contributed by atoms with Crippen molar-refractivity contribution < 1.29 is 14.6 Å². The number of ether oxygens (including phenoxy) is 1. The molecule has 1 aliphatic rings. The van der Waals surface area contributed by atoms with E-state index in [0.29, 0.717) is 11.6 Å². The van der Waals surface area contributed by atoms with Gasteiger partial charge in [-0.15, -0.1) is 0 Å². The first kappa shape index (κ1) is 14.0. The van der Waals surface area contributed by atoms with Crippen molar-refractivity contribution in [1.29, 1.82) is 0 Å². The van der Waals surface area contributed by atoms with Gasteiger partial charge >= 0.3 is 5.97 Å². The molecule has 1 aliphatic heterocycles. The molecular formula is C15H21NO3. The number of carboxylic acids is 1. The Morgan fingerprint density at radius 2 is 2.11 bits per heavy atom. The van der Waals surface area contributed by atoms with Gasteiger partial charge in [-0.1, -0.05) is 18.6 Å². The predicted molar refractivity (Wildman–Crippen MR) is 73.3 cm³/mol. The Bertz CT molecular complexity index is 414. The fourth-order valence-electron chi connectivity index (χ4n) is 2.64. The average Bonchev–Trinajstić information content (AvgIpc) is 2.42. The summed E-state index contributed by atoms with van der Waals surface area (Å²) in [5.74, 6) is -0.873. The summed E-state index contributed by atoms with van der Waals surface area (Å²) in [6, 6.07) is 7.64. The highest BCUT2D eigenvalue weighted by Gasteiger charge is 2.22. The van der Waals surface area contributed by atoms with E-state index in [0.717, 1.165) is 25.3 Å². The third kappa shape index (κ3) is 3.78. The first-order valence-corrected chi connectivity index (χ1v) is 6.76. The monoisotopic (exact) mass is 263 g/mol. The van der Waals surface area contributed by atoms with Crippen LogP contribution >= 0.6 is 0 Å². The second-order valence-electron chi connectivity index (χ2n) is 5.08. The van der Waals surface area contributed by atoms with Crippen molar-refractivity contribution in [2.75, 3.05) is 20.3 Å². The molecule has 1 fully saturated rings. The maximum absolute atomic E-state index is 10.8. The van der Waals surface area contributed by atoms with Crippen molar-refractivity contribution in [3.63, 3.8) is 0 Å². The van der Waals surface area contributed by atoms with Crippen LogP contribution in [0.25, 0.3) is 0 Å². The van der Waals surface area contributed by atoms with E-state index in [-0.39, 0.29) is 0 Å². The number of hydrogen-bond acceptors (Lipinski definition) is 3. The minimum absolute atomic E-state index is 0.343. The van der Waals surface area contributed by atoms with Crippen molar-refractivity contribution in [3.05, 3.63) is 35.4 Å². The van der Waals surface area contributed by atoms with Crippen LogP contribution in [-0.2, 0) is 11.3 Å². The molecule has 0 radical (unpaired) electrons. The molecule has 0 bridgehead atoms. The third-order valence-electron chi connectivity index (χ3n) is 3.69. The SMILES string of the molecule is COCC1CCCCN1Cc1ccc(C(=O)O)cc1. The van der Waals surface area contributed by atoms with Crippen molar-refractivity contribution >= 4 is 5.97 Å². The number of carboxylic acid groups (broad SMARTS) is 1. The zero-order valence-electron chi connectivity index (χ0n) is 11.3. The maximum atomic E-state index is 10.8. The molecule has 1 heterocycles. The Hall–Kier alpha value is -1.39. The highest BCUT2D eigenvalue weighted by Crippen LogP contribution is 2.20. The normalized spacial score (nSPS) is 20.4. The number of aromatic carboxylic acids is 1. The second-order valence-corrected chi connectivity index (χ2v) is 5.08. The van der Waals surface area contributed by atoms with Gasteiger partial charge in [0.15, 0.2) is 0 Å². The number of methoxy groups -OCH3 is 1. The molecule has 0 spiro atoms. The first-order chi connectivity index (χ1) is 9.20. The quantitative estimate of drug-likeness (QED) is 0.886. The molecule has 0 aromatic heterocycles. The van der Waals surface area contributed by atoms with E-state index in [4.69, 9.17) is 9.84 Å². The summed E-state index contributed by atoms with van der Waals surface area (Å²) < 4.78 is 5.28. The van der Waals surface area contributed by atoms with E-state index in [1.165, 1.54) is 19.3 Å². The van der Waals surface area contributed by atoms with Crippen LogP contribution in [0.5, 0.6) is 0 Å². The fourth-order valence-corrected chi connectivity index (χ4v) is 2.64. The molecule has 0 saturated carbocycles. The van der Waals surface area contributed by atoms with E-state index in [9.17, 15) is 4.79 Å². The summed E-state index contributed by atoms with van der Waals surface area (Å²) in [6.07, 6.45) is 3.68. The van der Waals surface area contributed by atoms with Crippen LogP contribution in [0.3, 0.4) is 0 Å². The van der Waals surface area contributed by atoms with Crippen LogP contribution in [0, 0.1) is 0 Å². The molecule has 1 unspecified atom stereocenters. The second kappa shape index (κ2) is 6.68. The zero-order valence-corrected chi connectivity index (χ0v) is 11.3. The first-order valence-electron chi connectivity index (χ1n) is 6.76. The molecular weight excluding hydrogens is 242 g/mol. The van der Waals surface area contributed by atoms with Crippen LogP contribution < -0.4 is 0 Å². The van der Waals surface area contributed by atoms with Gasteiger partial charge in [0.2, 0.25) is 0 Å². The summed E-state index contributed by atoms with van der Waals surface area (Å²) in [5, 5.41) is 8.88. The molecule has 0 aliphatic carbocycles. The number of hydrogen-bond donors (Lipinski definition) is 1. The standard InChI is InChI=1S/C15H21NO3/c1-19-11-14-4-2-3-9-16(14)10-12-5-7-13(8-6-12)15(17)18/h5-8,14H,2-4,9-11H2,1H3,(H,17,18). The molecule has 1 aromatic rings. The van der Waals surface area contributed by atoms with Crippen LogP contribution in [-0.4, -0.2) is 42.3 Å². The Morgan fingerprint density at radius 1 is 1.37 bits per heavy atom. The largest absolute Gasteiger partial charge is 0.478 e. The highest BCUT2D eigenvalue weighted by atomic mass is 16.5. The summed E-state index contributed by atoms with van der Waals surface area (Å²) in [5.41, 5.74) is 1.50. The average molecular weight is 263 g/mol. The minimum atomic E-state index is -0.873. The number of nitrogens with zero attached hydrogens (tertiary/aromatic N) is 1. The van der Waals surface area contributed by atoms with Gasteiger partial charge in [-0.2, -0.15) is 0 Å². The van der Waals surface area contributed by atoms with E-state index >= 15 is 0 Å². The molecule has 4 nitrogen and oxygen atoms in total. The zero-order chi connectivity index (χ0) is 13.7. The summed E-state index contributed by atoms with van der Waals surface area (Å²) in [6.45, 7) is 2.73. The molecule has 1 saturated heterocycles. The Labute approximate surface area is 114 Å². The third-order valence-corrected chi connectivity index (χ3v) is 3.69. The smallest absolute Gasteiger partial charge is 0.335 e. The highest BCUT2D eigenvalue weighted by molar-refractivity contribution is 5.87. The number of rotatable bonds is 5. The van der Waals surface area contributed by atoms with Crippen molar-refractivity contribution in [2.24, 2.45) is 0 Å². The van der Waals surface area contributed by atoms with Crippen LogP contribution in [0.15, 0.2) is 24.3 Å². The maximum Gasteiger partial charge on any atom is 0.335 e. The van der Waals surface area contributed by atoms with E-state index in [1.54, 1.807) is 19.2 Å². The lowest BCUT2D eigenvalue weighted by atomic mass is 10.0. The number of piperidine rings is 1. The van der Waals surface area contributed by atoms with Gasteiger partial charge in [0.25, 0.3) is 0 Å². The lowest BCUT2D eigenvalue weighted by Crippen LogP contribution is -2.41. The predicted octanol–water partition coefficient (Wildman–Crippen LogP) is 2.39. The van der Waals surface area contributed by atoms with Crippen molar-refractivity contribution in [1.82, 2.24) is 4.90 Å². The van der Waals surface area contributed by atoms with Crippen LogP contribution in [0.4, 0.5) is 0 Å². The molecule has 104 valence electrons. The molecule has 1 N–H and O–H groups in total. The molecule has 2 rings (SSSR count). The molecule has 19 heavy (non-hydrogen) atoms. The van der Waals surface area contributed by atoms with E-state index in [2.05, 4.69) is 4.90 Å². The summed E-state index contributed by atoms with van der Waals surface area (Å²) in [4.78, 5) is 13.2. The lowest BCUT2D eigenvalue weighted by molar-refractivity contribution is 0.0600. The Morgan fingerprint density at radius 3 is 2.74 bits per heavy atom. The van der Waals surface area contributed by atoms with Gasteiger partial charge in [-0.05, 0) is 37.1 Å². The lowest BCUT2D eigenvalue weighted by Gasteiger charge is -2.35. The van der Waals surface area contributed by atoms with E-state index in [1.807, 2.05) is 12.1 Å². The Balaban J connectivity index is 2.00. The van der Waals surface area contributed by atoms with Crippen molar-refractivity contribution in [3.8, 4) is 0 Å². The Kier molecular flexibility index (Phi) is 4.93. The van der Waals surface area contributed by atoms with E-state index < -0.39 is 5.97 Å². The van der Waals surface area contributed by atoms with Gasteiger partial charge in [0.05, 0.1) is 12.2 Å². The van der Waals surface area contributed by atoms with Gasteiger partial charge in [0.1, 0.15) is 0 Å². The topological polar surface area (TPSA) is 49.8 Å². The number of carbonyl (C=O) groups is 1. The molecule has 4 heteroatoms. The number of likely N-dealkylation sites (tertiary alicyclic amines) is 1. The molecule has 1 atom stereocenters. The van der Waals surface area contributed by atoms with Gasteiger partial charge in [-0.3, -0.25) is 4.90 Å². The summed E-state index contributed by atoms with van der Waals surface area (Å²) in [7, 11) is 1.74. The molecule has 0 amide bonds. The minimum Gasteiger partial charge on any atom is -0.478 e. The summed E-state index contributed by atoms with van der Waals surface area (Å²) >= 11 is 0. The van der Waals surface area contributed by atoms with Gasteiger partial charge < -0.3 is 9.84 Å².